The maximum atomic E-state index is 13.0. The summed E-state index contributed by atoms with van der Waals surface area (Å²) in [6, 6.07) is 42.3. The second kappa shape index (κ2) is 14.2. The van der Waals surface area contributed by atoms with Crippen LogP contribution in [-0.4, -0.2) is 41.3 Å². The number of benzene rings is 4. The number of nitrogens with one attached hydrogen (secondary N) is 3. The second-order valence-electron chi connectivity index (χ2n) is 11.3. The van der Waals surface area contributed by atoms with Crippen LogP contribution in [0.4, 0.5) is 23.0 Å². The van der Waals surface area contributed by atoms with Crippen molar-refractivity contribution in [2.24, 2.45) is 0 Å². The fourth-order valence-electron chi connectivity index (χ4n) is 5.66. The van der Waals surface area contributed by atoms with Crippen molar-refractivity contribution in [3.8, 4) is 0 Å². The zero-order chi connectivity index (χ0) is 32.6. The maximum Gasteiger partial charge on any atom is 0.257 e. The van der Waals surface area contributed by atoms with Gasteiger partial charge >= 0.3 is 0 Å². The van der Waals surface area contributed by atoms with Crippen molar-refractivity contribution in [3.63, 3.8) is 0 Å². The molecule has 6 rings (SSSR count). The standard InChI is InChI=1S/C38H36ClN7O/c1-45(2)34-26-31(39)18-20-33(34)37(47)42-32-19-21-35(41-27-32)40-23-25-46-24-22-36(44-46)43-38(28-12-6-3-7-13-28,29-14-8-4-9-15-29)30-16-10-5-11-17-30/h3-22,24,26-27H,23,25H2,1-2H3,(H,40,41)(H,42,47)(H,43,44). The molecule has 0 bridgehead atoms. The van der Waals surface area contributed by atoms with Gasteiger partial charge in [0.05, 0.1) is 29.7 Å². The molecule has 8 nitrogen and oxygen atoms in total. The molecular formula is C38H36ClN7O. The minimum absolute atomic E-state index is 0.230. The highest BCUT2D eigenvalue weighted by Crippen LogP contribution is 2.39. The average Bonchev–Trinajstić information content (AvgIpc) is 3.56. The van der Waals surface area contributed by atoms with Crippen molar-refractivity contribution < 1.29 is 4.79 Å². The number of hydrogen-bond donors (Lipinski definition) is 3. The zero-order valence-corrected chi connectivity index (χ0v) is 27.0. The quantitative estimate of drug-likeness (QED) is 0.118. The number of carbonyl (C=O) groups is 1. The summed E-state index contributed by atoms with van der Waals surface area (Å²) in [5.41, 5.74) is 4.57. The average molecular weight is 642 g/mol. The molecule has 236 valence electrons. The molecule has 0 radical (unpaired) electrons. The fourth-order valence-corrected chi connectivity index (χ4v) is 5.83. The monoisotopic (exact) mass is 641 g/mol. The molecule has 9 heteroatoms. The number of halogens is 1. The van der Waals surface area contributed by atoms with Crippen LogP contribution in [0.2, 0.25) is 5.02 Å². The van der Waals surface area contributed by atoms with Gasteiger partial charge in [0.15, 0.2) is 0 Å². The van der Waals surface area contributed by atoms with Crippen LogP contribution < -0.4 is 20.9 Å². The summed E-state index contributed by atoms with van der Waals surface area (Å²) in [7, 11) is 3.75. The van der Waals surface area contributed by atoms with E-state index in [1.165, 1.54) is 0 Å². The Morgan fingerprint density at radius 2 is 1.40 bits per heavy atom. The van der Waals surface area contributed by atoms with Crippen molar-refractivity contribution in [3.05, 3.63) is 167 Å². The Bertz CT molecular complexity index is 1810. The molecule has 2 heterocycles. The molecule has 0 unspecified atom stereocenters. The number of hydrogen-bond acceptors (Lipinski definition) is 6. The van der Waals surface area contributed by atoms with E-state index in [9.17, 15) is 4.79 Å². The Kier molecular flexibility index (Phi) is 9.50. The van der Waals surface area contributed by atoms with Crippen molar-refractivity contribution in [1.29, 1.82) is 0 Å². The summed E-state index contributed by atoms with van der Waals surface area (Å²) in [6.07, 6.45) is 3.61. The van der Waals surface area contributed by atoms with Gasteiger partial charge in [-0.25, -0.2) is 4.98 Å². The van der Waals surface area contributed by atoms with Gasteiger partial charge in [-0.1, -0.05) is 103 Å². The summed E-state index contributed by atoms with van der Waals surface area (Å²) < 4.78 is 1.91. The summed E-state index contributed by atoms with van der Waals surface area (Å²) in [5.74, 6) is 1.23. The molecule has 47 heavy (non-hydrogen) atoms. The first-order chi connectivity index (χ1) is 22.9. The van der Waals surface area contributed by atoms with E-state index >= 15 is 0 Å². The Labute approximate surface area is 280 Å². The first-order valence-electron chi connectivity index (χ1n) is 15.4. The van der Waals surface area contributed by atoms with Crippen LogP contribution in [0.25, 0.3) is 0 Å². The van der Waals surface area contributed by atoms with Crippen LogP contribution in [0, 0.1) is 0 Å². The van der Waals surface area contributed by atoms with Crippen LogP contribution in [-0.2, 0) is 12.1 Å². The number of pyridine rings is 1. The molecule has 1 amide bonds. The lowest BCUT2D eigenvalue weighted by Gasteiger charge is -2.37. The van der Waals surface area contributed by atoms with Crippen molar-refractivity contribution in [1.82, 2.24) is 14.8 Å². The van der Waals surface area contributed by atoms with E-state index in [1.807, 2.05) is 66.3 Å². The van der Waals surface area contributed by atoms with Gasteiger partial charge in [0.25, 0.3) is 5.91 Å². The third-order valence-electron chi connectivity index (χ3n) is 7.93. The summed E-state index contributed by atoms with van der Waals surface area (Å²) in [4.78, 5) is 19.3. The normalized spacial score (nSPS) is 11.1. The molecule has 0 saturated heterocycles. The number of amides is 1. The third kappa shape index (κ3) is 7.13. The largest absolute Gasteiger partial charge is 0.377 e. The molecule has 3 N–H and O–H groups in total. The lowest BCUT2D eigenvalue weighted by atomic mass is 9.77. The van der Waals surface area contributed by atoms with Gasteiger partial charge in [-0.15, -0.1) is 0 Å². The molecule has 0 aliphatic rings. The third-order valence-corrected chi connectivity index (χ3v) is 8.17. The molecule has 4 aromatic carbocycles. The van der Waals surface area contributed by atoms with Crippen molar-refractivity contribution in [2.45, 2.75) is 12.1 Å². The van der Waals surface area contributed by atoms with Gasteiger partial charge < -0.3 is 20.9 Å². The Hall–Kier alpha value is -5.60. The van der Waals surface area contributed by atoms with E-state index in [2.05, 4.69) is 93.7 Å². The SMILES string of the molecule is CN(C)c1cc(Cl)ccc1C(=O)Nc1ccc(NCCn2ccc(NC(c3ccccc3)(c3ccccc3)c3ccccc3)n2)nc1. The molecule has 0 spiro atoms. The molecule has 0 atom stereocenters. The number of anilines is 4. The number of rotatable bonds is 12. The molecule has 0 aliphatic heterocycles. The summed E-state index contributed by atoms with van der Waals surface area (Å²) >= 11 is 6.14. The molecule has 0 aliphatic carbocycles. The van der Waals surface area contributed by atoms with E-state index in [0.29, 0.717) is 35.2 Å². The van der Waals surface area contributed by atoms with Crippen molar-refractivity contribution in [2.75, 3.05) is 41.5 Å². The van der Waals surface area contributed by atoms with Crippen LogP contribution in [0.5, 0.6) is 0 Å². The fraction of sp³-hybridized carbons (Fsp3) is 0.132. The lowest BCUT2D eigenvalue weighted by Crippen LogP contribution is -2.38. The molecule has 0 saturated carbocycles. The van der Waals surface area contributed by atoms with Gasteiger partial charge in [0.2, 0.25) is 0 Å². The van der Waals surface area contributed by atoms with Crippen LogP contribution in [0.1, 0.15) is 27.0 Å². The summed E-state index contributed by atoms with van der Waals surface area (Å²) in [6.45, 7) is 1.23. The highest BCUT2D eigenvalue weighted by Gasteiger charge is 2.36. The first kappa shape index (κ1) is 31.4. The predicted octanol–water partition coefficient (Wildman–Crippen LogP) is 7.77. The van der Waals surface area contributed by atoms with Crippen LogP contribution in [0.3, 0.4) is 0 Å². The Morgan fingerprint density at radius 1 is 0.787 bits per heavy atom. The van der Waals surface area contributed by atoms with Crippen LogP contribution >= 0.6 is 11.6 Å². The lowest BCUT2D eigenvalue weighted by molar-refractivity contribution is 0.102. The zero-order valence-electron chi connectivity index (χ0n) is 26.3. The second-order valence-corrected chi connectivity index (χ2v) is 11.7. The first-order valence-corrected chi connectivity index (χ1v) is 15.8. The topological polar surface area (TPSA) is 87.1 Å². The van der Waals surface area contributed by atoms with E-state index in [0.717, 1.165) is 28.2 Å². The molecular weight excluding hydrogens is 606 g/mol. The van der Waals surface area contributed by atoms with E-state index in [1.54, 1.807) is 24.4 Å². The smallest absolute Gasteiger partial charge is 0.257 e. The minimum atomic E-state index is -0.649. The minimum Gasteiger partial charge on any atom is -0.377 e. The van der Waals surface area contributed by atoms with Gasteiger partial charge in [-0.2, -0.15) is 5.10 Å². The van der Waals surface area contributed by atoms with Gasteiger partial charge in [-0.3, -0.25) is 9.48 Å². The van der Waals surface area contributed by atoms with E-state index in [-0.39, 0.29) is 5.91 Å². The summed E-state index contributed by atoms with van der Waals surface area (Å²) in [5, 5.41) is 15.5. The highest BCUT2D eigenvalue weighted by atomic mass is 35.5. The molecule has 6 aromatic rings. The van der Waals surface area contributed by atoms with Crippen molar-refractivity contribution >= 4 is 40.5 Å². The highest BCUT2D eigenvalue weighted by molar-refractivity contribution is 6.31. The Morgan fingerprint density at radius 3 is 1.96 bits per heavy atom. The van der Waals surface area contributed by atoms with E-state index in [4.69, 9.17) is 16.7 Å². The van der Waals surface area contributed by atoms with E-state index < -0.39 is 5.54 Å². The Balaban J connectivity index is 1.12. The van der Waals surface area contributed by atoms with Gasteiger partial charge in [0, 0.05) is 37.9 Å². The maximum absolute atomic E-state index is 13.0. The number of carbonyl (C=O) groups excluding carboxylic acids is 1. The predicted molar refractivity (Wildman–Crippen MR) is 192 cm³/mol. The number of aromatic nitrogens is 3. The number of nitrogens with zero attached hydrogens (tertiary/aromatic N) is 4. The molecule has 0 fully saturated rings. The van der Waals surface area contributed by atoms with Gasteiger partial charge in [0.1, 0.15) is 17.2 Å². The van der Waals surface area contributed by atoms with Crippen LogP contribution in [0.15, 0.2) is 140 Å². The van der Waals surface area contributed by atoms with Gasteiger partial charge in [-0.05, 0) is 47.0 Å². The molecule has 2 aromatic heterocycles.